The second-order valence-corrected chi connectivity index (χ2v) is 4.02. The maximum absolute atomic E-state index is 5.71. The number of pyridine rings is 1. The van der Waals surface area contributed by atoms with E-state index in [0.717, 1.165) is 16.6 Å². The Labute approximate surface area is 109 Å². The minimum Gasteiger partial charge on any atom is -0.480 e. The van der Waals surface area contributed by atoms with Crippen molar-refractivity contribution in [3.05, 3.63) is 24.7 Å². The fourth-order valence-corrected chi connectivity index (χ4v) is 2.01. The number of aromatic nitrogens is 5. The Bertz CT molecular complexity index is 751. The number of hydrogen-bond acceptors (Lipinski definition) is 6. The number of nitrogens with two attached hydrogens (primary N) is 1. The Balaban J connectivity index is 2.35. The molecule has 3 heterocycles. The first kappa shape index (κ1) is 11.4. The molecule has 0 amide bonds. The zero-order valence-electron chi connectivity index (χ0n) is 10.5. The van der Waals surface area contributed by atoms with E-state index in [1.807, 2.05) is 13.1 Å². The van der Waals surface area contributed by atoms with Gasteiger partial charge in [0.25, 0.3) is 0 Å². The van der Waals surface area contributed by atoms with Crippen molar-refractivity contribution in [1.82, 2.24) is 24.7 Å². The lowest BCUT2D eigenvalue weighted by Crippen LogP contribution is -1.93. The highest BCUT2D eigenvalue weighted by atomic mass is 16.5. The summed E-state index contributed by atoms with van der Waals surface area (Å²) in [4.78, 5) is 12.3. The van der Waals surface area contributed by atoms with Crippen LogP contribution in [-0.4, -0.2) is 31.8 Å². The van der Waals surface area contributed by atoms with Gasteiger partial charge < -0.3 is 10.5 Å². The van der Waals surface area contributed by atoms with E-state index in [9.17, 15) is 0 Å². The molecular formula is C12H12N6O. The Hall–Kier alpha value is -2.70. The molecule has 7 nitrogen and oxygen atoms in total. The van der Waals surface area contributed by atoms with Crippen LogP contribution in [-0.2, 0) is 7.05 Å². The van der Waals surface area contributed by atoms with Crippen LogP contribution in [0.15, 0.2) is 24.7 Å². The van der Waals surface area contributed by atoms with E-state index < -0.39 is 0 Å². The van der Waals surface area contributed by atoms with Gasteiger partial charge in [-0.3, -0.25) is 0 Å². The highest BCUT2D eigenvalue weighted by Crippen LogP contribution is 2.32. The van der Waals surface area contributed by atoms with Crippen LogP contribution in [0, 0.1) is 0 Å². The highest BCUT2D eigenvalue weighted by Gasteiger charge is 2.17. The van der Waals surface area contributed by atoms with E-state index in [1.165, 1.54) is 6.33 Å². The molecule has 0 unspecified atom stereocenters. The standard InChI is InChI=1S/C12H12N6O/c1-18-11-9(12(19-2)16-6-15-11)10(17-18)7-3-4-14-8(13)5-7/h3-6H,1-2H3,(H2,13,14). The lowest BCUT2D eigenvalue weighted by molar-refractivity contribution is 0.402. The zero-order valence-corrected chi connectivity index (χ0v) is 10.5. The molecule has 3 rings (SSSR count). The van der Waals surface area contributed by atoms with Crippen molar-refractivity contribution in [2.75, 3.05) is 12.8 Å². The van der Waals surface area contributed by atoms with Gasteiger partial charge in [0.2, 0.25) is 5.88 Å². The maximum atomic E-state index is 5.71. The third-order valence-electron chi connectivity index (χ3n) is 2.83. The van der Waals surface area contributed by atoms with Gasteiger partial charge in [0.1, 0.15) is 23.2 Å². The zero-order chi connectivity index (χ0) is 13.4. The Kier molecular flexibility index (Phi) is 2.52. The molecule has 3 aromatic heterocycles. The van der Waals surface area contributed by atoms with Crippen molar-refractivity contribution < 1.29 is 4.74 Å². The predicted octanol–water partition coefficient (Wildman–Crippen LogP) is 1.02. The van der Waals surface area contributed by atoms with Crippen LogP contribution in [0.2, 0.25) is 0 Å². The van der Waals surface area contributed by atoms with Gasteiger partial charge in [-0.15, -0.1) is 0 Å². The molecule has 2 N–H and O–H groups in total. The van der Waals surface area contributed by atoms with Crippen LogP contribution < -0.4 is 10.5 Å². The second-order valence-electron chi connectivity index (χ2n) is 4.02. The first-order valence-corrected chi connectivity index (χ1v) is 5.64. The molecule has 0 aliphatic heterocycles. The first-order chi connectivity index (χ1) is 9.20. The lowest BCUT2D eigenvalue weighted by atomic mass is 10.1. The molecule has 0 aliphatic rings. The largest absolute Gasteiger partial charge is 0.480 e. The average Bonchev–Trinajstić information content (AvgIpc) is 2.76. The van der Waals surface area contributed by atoms with Gasteiger partial charge in [-0.25, -0.2) is 19.6 Å². The molecule has 0 saturated carbocycles. The fraction of sp³-hybridized carbons (Fsp3) is 0.167. The lowest BCUT2D eigenvalue weighted by Gasteiger charge is -2.02. The molecule has 0 atom stereocenters. The quantitative estimate of drug-likeness (QED) is 0.735. The van der Waals surface area contributed by atoms with E-state index in [2.05, 4.69) is 20.1 Å². The molecule has 0 radical (unpaired) electrons. The number of hydrogen-bond donors (Lipinski definition) is 1. The Morgan fingerprint density at radius 1 is 1.26 bits per heavy atom. The van der Waals surface area contributed by atoms with Crippen LogP contribution in [0.1, 0.15) is 0 Å². The minimum atomic E-state index is 0.437. The molecule has 0 saturated heterocycles. The normalized spacial score (nSPS) is 10.8. The van der Waals surface area contributed by atoms with Gasteiger partial charge in [0, 0.05) is 18.8 Å². The van der Waals surface area contributed by atoms with Gasteiger partial charge >= 0.3 is 0 Å². The summed E-state index contributed by atoms with van der Waals surface area (Å²) in [6.45, 7) is 0. The van der Waals surface area contributed by atoms with Crippen LogP contribution in [0.3, 0.4) is 0 Å². The van der Waals surface area contributed by atoms with Gasteiger partial charge in [-0.1, -0.05) is 0 Å². The molecule has 19 heavy (non-hydrogen) atoms. The van der Waals surface area contributed by atoms with Crippen molar-refractivity contribution in [2.24, 2.45) is 7.05 Å². The molecule has 0 spiro atoms. The molecule has 0 bridgehead atoms. The number of ether oxygens (including phenoxy) is 1. The number of fused-ring (bicyclic) bond motifs is 1. The summed E-state index contributed by atoms with van der Waals surface area (Å²) in [5.41, 5.74) is 7.99. The first-order valence-electron chi connectivity index (χ1n) is 5.64. The molecule has 3 aromatic rings. The summed E-state index contributed by atoms with van der Waals surface area (Å²) in [6, 6.07) is 3.60. The Morgan fingerprint density at radius 3 is 2.84 bits per heavy atom. The smallest absolute Gasteiger partial charge is 0.228 e. The van der Waals surface area contributed by atoms with Crippen molar-refractivity contribution in [3.8, 4) is 17.1 Å². The van der Waals surface area contributed by atoms with Gasteiger partial charge in [0.05, 0.1) is 7.11 Å². The molecule has 0 fully saturated rings. The molecule has 96 valence electrons. The van der Waals surface area contributed by atoms with Crippen LogP contribution in [0.5, 0.6) is 5.88 Å². The number of nitrogens with zero attached hydrogens (tertiary/aromatic N) is 5. The fourth-order valence-electron chi connectivity index (χ4n) is 2.01. The third-order valence-corrected chi connectivity index (χ3v) is 2.83. The number of methoxy groups -OCH3 is 1. The third kappa shape index (κ3) is 1.75. The predicted molar refractivity (Wildman–Crippen MR) is 70.5 cm³/mol. The minimum absolute atomic E-state index is 0.437. The number of nitrogen functional groups attached to an aromatic ring is 1. The summed E-state index contributed by atoms with van der Waals surface area (Å²) in [5.74, 6) is 0.926. The van der Waals surface area contributed by atoms with Crippen molar-refractivity contribution in [2.45, 2.75) is 0 Å². The summed E-state index contributed by atoms with van der Waals surface area (Å²) < 4.78 is 6.97. The average molecular weight is 256 g/mol. The summed E-state index contributed by atoms with van der Waals surface area (Å²) in [6.07, 6.45) is 3.09. The molecular weight excluding hydrogens is 244 g/mol. The summed E-state index contributed by atoms with van der Waals surface area (Å²) in [5, 5.41) is 5.22. The SMILES string of the molecule is COc1ncnc2c1c(-c1ccnc(N)c1)nn2C. The van der Waals surface area contributed by atoms with Gasteiger partial charge in [-0.2, -0.15) is 5.10 Å². The van der Waals surface area contributed by atoms with Gasteiger partial charge in [-0.05, 0) is 12.1 Å². The van der Waals surface area contributed by atoms with Crippen LogP contribution in [0.4, 0.5) is 5.82 Å². The van der Waals surface area contributed by atoms with Gasteiger partial charge in [0.15, 0.2) is 5.65 Å². The number of anilines is 1. The summed E-state index contributed by atoms with van der Waals surface area (Å²) in [7, 11) is 3.39. The van der Waals surface area contributed by atoms with Crippen molar-refractivity contribution in [3.63, 3.8) is 0 Å². The van der Waals surface area contributed by atoms with E-state index in [1.54, 1.807) is 24.1 Å². The van der Waals surface area contributed by atoms with Crippen LogP contribution in [0.25, 0.3) is 22.3 Å². The monoisotopic (exact) mass is 256 g/mol. The number of aryl methyl sites for hydroxylation is 1. The maximum Gasteiger partial charge on any atom is 0.228 e. The van der Waals surface area contributed by atoms with E-state index >= 15 is 0 Å². The van der Waals surface area contributed by atoms with Crippen molar-refractivity contribution in [1.29, 1.82) is 0 Å². The van der Waals surface area contributed by atoms with Crippen molar-refractivity contribution >= 4 is 16.9 Å². The summed E-state index contributed by atoms with van der Waals surface area (Å²) >= 11 is 0. The van der Waals surface area contributed by atoms with E-state index in [0.29, 0.717) is 17.3 Å². The number of rotatable bonds is 2. The highest BCUT2D eigenvalue weighted by molar-refractivity contribution is 5.95. The van der Waals surface area contributed by atoms with E-state index in [4.69, 9.17) is 10.5 Å². The van der Waals surface area contributed by atoms with E-state index in [-0.39, 0.29) is 0 Å². The molecule has 0 aromatic carbocycles. The second kappa shape index (κ2) is 4.20. The Morgan fingerprint density at radius 2 is 2.11 bits per heavy atom. The van der Waals surface area contributed by atoms with Crippen LogP contribution >= 0.6 is 0 Å². The molecule has 7 heteroatoms. The molecule has 0 aliphatic carbocycles. The topological polar surface area (TPSA) is 91.7 Å².